The molecule has 3 nitrogen and oxygen atoms in total. The van der Waals surface area contributed by atoms with E-state index in [1.165, 1.54) is 12.8 Å². The minimum Gasteiger partial charge on any atom is -0.356 e. The van der Waals surface area contributed by atoms with Crippen molar-refractivity contribution >= 4 is 5.91 Å². The molecule has 3 heteroatoms. The maximum atomic E-state index is 11.4. The topological polar surface area (TPSA) is 41.1 Å². The molecule has 0 aromatic rings. The van der Waals surface area contributed by atoms with Crippen LogP contribution in [0.4, 0.5) is 0 Å². The summed E-state index contributed by atoms with van der Waals surface area (Å²) in [7, 11) is 0. The summed E-state index contributed by atoms with van der Waals surface area (Å²) < 4.78 is 0. The fourth-order valence-corrected chi connectivity index (χ4v) is 1.99. The van der Waals surface area contributed by atoms with Crippen molar-refractivity contribution in [2.75, 3.05) is 13.1 Å². The van der Waals surface area contributed by atoms with Gasteiger partial charge in [0.25, 0.3) is 0 Å². The van der Waals surface area contributed by atoms with Crippen molar-refractivity contribution in [1.29, 1.82) is 0 Å². The summed E-state index contributed by atoms with van der Waals surface area (Å²) >= 11 is 0. The van der Waals surface area contributed by atoms with Gasteiger partial charge in [-0.25, -0.2) is 0 Å². The van der Waals surface area contributed by atoms with E-state index in [2.05, 4.69) is 16.6 Å². The lowest BCUT2D eigenvalue weighted by Gasteiger charge is -2.10. The van der Waals surface area contributed by atoms with Gasteiger partial charge in [-0.2, -0.15) is 0 Å². The first kappa shape index (κ1) is 13.1. The second kappa shape index (κ2) is 8.18. The van der Waals surface area contributed by atoms with Crippen LogP contribution < -0.4 is 10.6 Å². The van der Waals surface area contributed by atoms with Crippen LogP contribution in [0.2, 0.25) is 0 Å². The summed E-state index contributed by atoms with van der Waals surface area (Å²) in [6.07, 6.45) is 11.9. The van der Waals surface area contributed by atoms with Crippen molar-refractivity contribution < 1.29 is 4.79 Å². The van der Waals surface area contributed by atoms with Gasteiger partial charge in [0.15, 0.2) is 0 Å². The summed E-state index contributed by atoms with van der Waals surface area (Å²) in [6, 6.07) is 0.613. The van der Waals surface area contributed by atoms with Crippen LogP contribution in [0, 0.1) is 12.3 Å². The standard InChI is InChI=1S/C13H22N2O/c1-2-3-4-5-8-13(16)15-11-9-12-7-6-10-14-12/h1,12,14H,3-11H2,(H,15,16)/t12-/m1/s1. The zero-order valence-corrected chi connectivity index (χ0v) is 9.93. The highest BCUT2D eigenvalue weighted by atomic mass is 16.1. The van der Waals surface area contributed by atoms with Gasteiger partial charge in [-0.1, -0.05) is 0 Å². The smallest absolute Gasteiger partial charge is 0.219 e. The molecule has 0 saturated carbocycles. The predicted molar refractivity (Wildman–Crippen MR) is 66.0 cm³/mol. The Morgan fingerprint density at radius 1 is 1.50 bits per heavy atom. The van der Waals surface area contributed by atoms with Crippen LogP contribution in [0.25, 0.3) is 0 Å². The Balaban J connectivity index is 1.91. The number of nitrogens with one attached hydrogen (secondary N) is 2. The van der Waals surface area contributed by atoms with E-state index < -0.39 is 0 Å². The highest BCUT2D eigenvalue weighted by Gasteiger charge is 2.13. The maximum Gasteiger partial charge on any atom is 0.219 e. The molecule has 0 aliphatic carbocycles. The number of rotatable bonds is 7. The van der Waals surface area contributed by atoms with Gasteiger partial charge < -0.3 is 10.6 Å². The quantitative estimate of drug-likeness (QED) is 0.505. The molecule has 1 heterocycles. The van der Waals surface area contributed by atoms with Crippen molar-refractivity contribution in [2.24, 2.45) is 0 Å². The van der Waals surface area contributed by atoms with E-state index in [1.54, 1.807) is 0 Å². The van der Waals surface area contributed by atoms with E-state index in [4.69, 9.17) is 6.42 Å². The van der Waals surface area contributed by atoms with Crippen LogP contribution >= 0.6 is 0 Å². The summed E-state index contributed by atoms with van der Waals surface area (Å²) in [5.41, 5.74) is 0. The lowest BCUT2D eigenvalue weighted by Crippen LogP contribution is -2.30. The average Bonchev–Trinajstić information content (AvgIpc) is 2.77. The van der Waals surface area contributed by atoms with E-state index in [0.29, 0.717) is 12.5 Å². The first-order valence-electron chi connectivity index (χ1n) is 6.26. The normalized spacial score (nSPS) is 19.3. The number of amides is 1. The summed E-state index contributed by atoms with van der Waals surface area (Å²) in [5.74, 6) is 2.74. The second-order valence-corrected chi connectivity index (χ2v) is 4.34. The van der Waals surface area contributed by atoms with Crippen LogP contribution in [0.5, 0.6) is 0 Å². The van der Waals surface area contributed by atoms with Crippen LogP contribution in [-0.2, 0) is 4.79 Å². The van der Waals surface area contributed by atoms with Gasteiger partial charge in [0, 0.05) is 25.4 Å². The molecule has 2 N–H and O–H groups in total. The molecule has 1 saturated heterocycles. The average molecular weight is 222 g/mol. The third-order valence-electron chi connectivity index (χ3n) is 2.95. The Bertz CT molecular complexity index is 239. The van der Waals surface area contributed by atoms with Crippen LogP contribution in [-0.4, -0.2) is 25.0 Å². The third-order valence-corrected chi connectivity index (χ3v) is 2.95. The molecule has 1 atom stereocenters. The number of unbranched alkanes of at least 4 members (excludes halogenated alkanes) is 2. The first-order chi connectivity index (χ1) is 7.83. The molecule has 0 aromatic carbocycles. The van der Waals surface area contributed by atoms with Gasteiger partial charge >= 0.3 is 0 Å². The number of carbonyl (C=O) groups excluding carboxylic acids is 1. The van der Waals surface area contributed by atoms with Gasteiger partial charge in [0.05, 0.1) is 0 Å². The fourth-order valence-electron chi connectivity index (χ4n) is 1.99. The lowest BCUT2D eigenvalue weighted by molar-refractivity contribution is -0.121. The molecule has 1 amide bonds. The number of hydrogen-bond acceptors (Lipinski definition) is 2. The van der Waals surface area contributed by atoms with E-state index in [1.807, 2.05) is 0 Å². The van der Waals surface area contributed by atoms with Crippen LogP contribution in [0.3, 0.4) is 0 Å². The van der Waals surface area contributed by atoms with Gasteiger partial charge in [-0.15, -0.1) is 12.3 Å². The highest BCUT2D eigenvalue weighted by Crippen LogP contribution is 2.07. The van der Waals surface area contributed by atoms with E-state index in [0.717, 1.165) is 38.8 Å². The number of carbonyl (C=O) groups is 1. The molecular weight excluding hydrogens is 200 g/mol. The molecule has 0 aromatic heterocycles. The van der Waals surface area contributed by atoms with E-state index in [9.17, 15) is 4.79 Å². The molecule has 1 aliphatic heterocycles. The Kier molecular flexibility index (Phi) is 6.67. The zero-order chi connectivity index (χ0) is 11.6. The summed E-state index contributed by atoms with van der Waals surface area (Å²) in [4.78, 5) is 11.4. The lowest BCUT2D eigenvalue weighted by atomic mass is 10.1. The minimum atomic E-state index is 0.162. The van der Waals surface area contributed by atoms with Crippen LogP contribution in [0.15, 0.2) is 0 Å². The molecule has 1 rings (SSSR count). The van der Waals surface area contributed by atoms with Crippen LogP contribution in [0.1, 0.15) is 44.9 Å². The molecule has 1 aliphatic rings. The molecule has 90 valence electrons. The molecule has 0 spiro atoms. The maximum absolute atomic E-state index is 11.4. The van der Waals surface area contributed by atoms with Crippen molar-refractivity contribution in [1.82, 2.24) is 10.6 Å². The summed E-state index contributed by atoms with van der Waals surface area (Å²) in [5, 5.41) is 6.37. The third kappa shape index (κ3) is 5.77. The molecule has 0 bridgehead atoms. The molecule has 16 heavy (non-hydrogen) atoms. The van der Waals surface area contributed by atoms with Crippen molar-refractivity contribution in [3.05, 3.63) is 0 Å². The SMILES string of the molecule is C#CCCCCC(=O)NCC[C@H]1CCCN1. The monoisotopic (exact) mass is 222 g/mol. The first-order valence-corrected chi connectivity index (χ1v) is 6.26. The fraction of sp³-hybridized carbons (Fsp3) is 0.769. The number of terminal acetylenes is 1. The van der Waals surface area contributed by atoms with Crippen molar-refractivity contribution in [3.63, 3.8) is 0 Å². The van der Waals surface area contributed by atoms with Crippen molar-refractivity contribution in [3.8, 4) is 12.3 Å². The van der Waals surface area contributed by atoms with Gasteiger partial charge in [0.2, 0.25) is 5.91 Å². The second-order valence-electron chi connectivity index (χ2n) is 4.34. The Morgan fingerprint density at radius 2 is 2.38 bits per heavy atom. The summed E-state index contributed by atoms with van der Waals surface area (Å²) in [6.45, 7) is 1.93. The molecular formula is C13H22N2O. The van der Waals surface area contributed by atoms with Crippen molar-refractivity contribution in [2.45, 2.75) is 51.0 Å². The largest absolute Gasteiger partial charge is 0.356 e. The Hall–Kier alpha value is -1.01. The van der Waals surface area contributed by atoms with E-state index >= 15 is 0 Å². The highest BCUT2D eigenvalue weighted by molar-refractivity contribution is 5.75. The van der Waals surface area contributed by atoms with Gasteiger partial charge in [-0.05, 0) is 38.6 Å². The molecule has 0 unspecified atom stereocenters. The molecule has 1 fully saturated rings. The molecule has 0 radical (unpaired) electrons. The predicted octanol–water partition coefficient (Wildman–Crippen LogP) is 1.44. The number of hydrogen-bond donors (Lipinski definition) is 2. The Labute approximate surface area is 98.4 Å². The van der Waals surface area contributed by atoms with Gasteiger partial charge in [0.1, 0.15) is 0 Å². The minimum absolute atomic E-state index is 0.162. The Morgan fingerprint density at radius 3 is 3.06 bits per heavy atom. The zero-order valence-electron chi connectivity index (χ0n) is 9.93. The van der Waals surface area contributed by atoms with E-state index in [-0.39, 0.29) is 5.91 Å². The van der Waals surface area contributed by atoms with Gasteiger partial charge in [-0.3, -0.25) is 4.79 Å².